The molecule has 2 heteroatoms. The van der Waals surface area contributed by atoms with Gasteiger partial charge in [-0.3, -0.25) is 0 Å². The molecule has 0 saturated carbocycles. The summed E-state index contributed by atoms with van der Waals surface area (Å²) >= 11 is 3.86. The lowest BCUT2D eigenvalue weighted by Crippen LogP contribution is -1.81. The third-order valence-corrected chi connectivity index (χ3v) is 4.21. The summed E-state index contributed by atoms with van der Waals surface area (Å²) in [5.74, 6) is 0. The molecule has 0 N–H and O–H groups in total. The van der Waals surface area contributed by atoms with Gasteiger partial charge in [0.2, 0.25) is 0 Å². The lowest BCUT2D eigenvalue weighted by molar-refractivity contribution is 1.02. The summed E-state index contributed by atoms with van der Waals surface area (Å²) in [6.45, 7) is 2.19. The maximum Gasteiger partial charge on any atom is 0.0469 e. The molecule has 0 nitrogen and oxygen atoms in total. The number of rotatable bonds is 1. The van der Waals surface area contributed by atoms with Crippen LogP contribution in [0, 0.1) is 0 Å². The average Bonchev–Trinajstić information content (AvgIpc) is 2.55. The summed E-state index contributed by atoms with van der Waals surface area (Å²) in [4.78, 5) is 2.99. The summed E-state index contributed by atoms with van der Waals surface area (Å²) in [5, 5.41) is 2.87. The van der Waals surface area contributed by atoms with Gasteiger partial charge in [-0.05, 0) is 29.7 Å². The molecule has 2 rings (SSSR count). The number of hydrogen-bond donors (Lipinski definition) is 0. The first-order valence-corrected chi connectivity index (χ1v) is 5.49. The van der Waals surface area contributed by atoms with Crippen molar-refractivity contribution >= 4 is 23.1 Å². The van der Waals surface area contributed by atoms with Crippen LogP contribution in [0.1, 0.15) is 23.5 Å². The van der Waals surface area contributed by atoms with Crippen molar-refractivity contribution in [3.8, 4) is 0 Å². The third kappa shape index (κ3) is 1.52. The Kier molecular flexibility index (Phi) is 2.05. The van der Waals surface area contributed by atoms with Gasteiger partial charge < -0.3 is 0 Å². The van der Waals surface area contributed by atoms with E-state index >= 15 is 0 Å². The zero-order valence-electron chi connectivity index (χ0n) is 6.41. The largest absolute Gasteiger partial charge is 0.148 e. The molecule has 0 radical (unpaired) electrons. The minimum atomic E-state index is 0.718. The van der Waals surface area contributed by atoms with Gasteiger partial charge >= 0.3 is 0 Å². The smallest absolute Gasteiger partial charge is 0.0469 e. The fourth-order valence-electron chi connectivity index (χ4n) is 1.24. The Morgan fingerprint density at radius 3 is 3.00 bits per heavy atom. The van der Waals surface area contributed by atoms with Crippen LogP contribution in [0.2, 0.25) is 0 Å². The zero-order chi connectivity index (χ0) is 7.68. The van der Waals surface area contributed by atoms with E-state index in [9.17, 15) is 0 Å². The SMILES string of the molecule is CC1=CCC(c2cccs2)S1. The predicted molar refractivity (Wildman–Crippen MR) is 53.0 cm³/mol. The summed E-state index contributed by atoms with van der Waals surface area (Å²) in [6.07, 6.45) is 3.55. The van der Waals surface area contributed by atoms with Crippen molar-refractivity contribution < 1.29 is 0 Å². The highest BCUT2D eigenvalue weighted by Crippen LogP contribution is 2.44. The van der Waals surface area contributed by atoms with E-state index in [-0.39, 0.29) is 0 Å². The maximum atomic E-state index is 2.33. The van der Waals surface area contributed by atoms with E-state index in [1.807, 2.05) is 23.1 Å². The van der Waals surface area contributed by atoms with Crippen molar-refractivity contribution in [1.82, 2.24) is 0 Å². The topological polar surface area (TPSA) is 0 Å². The van der Waals surface area contributed by atoms with Crippen molar-refractivity contribution in [1.29, 1.82) is 0 Å². The van der Waals surface area contributed by atoms with Gasteiger partial charge in [0.05, 0.1) is 0 Å². The van der Waals surface area contributed by atoms with Gasteiger partial charge in [-0.2, -0.15) is 0 Å². The fourth-order valence-corrected chi connectivity index (χ4v) is 3.30. The van der Waals surface area contributed by atoms with Crippen LogP contribution in [0.3, 0.4) is 0 Å². The molecule has 0 bridgehead atoms. The monoisotopic (exact) mass is 182 g/mol. The Morgan fingerprint density at radius 1 is 1.55 bits per heavy atom. The third-order valence-electron chi connectivity index (χ3n) is 1.81. The highest BCUT2D eigenvalue weighted by molar-refractivity contribution is 8.03. The molecule has 0 aromatic carbocycles. The van der Waals surface area contributed by atoms with Crippen LogP contribution in [0.5, 0.6) is 0 Å². The number of thioether (sulfide) groups is 1. The highest BCUT2D eigenvalue weighted by Gasteiger charge is 2.17. The Morgan fingerprint density at radius 2 is 2.45 bits per heavy atom. The van der Waals surface area contributed by atoms with Gasteiger partial charge in [0, 0.05) is 10.1 Å². The van der Waals surface area contributed by atoms with Gasteiger partial charge in [-0.25, -0.2) is 0 Å². The molecule has 0 saturated heterocycles. The lowest BCUT2D eigenvalue weighted by Gasteiger charge is -2.04. The van der Waals surface area contributed by atoms with E-state index in [0.717, 1.165) is 5.25 Å². The van der Waals surface area contributed by atoms with Crippen LogP contribution >= 0.6 is 23.1 Å². The second-order valence-electron chi connectivity index (χ2n) is 2.67. The molecule has 1 unspecified atom stereocenters. The second kappa shape index (κ2) is 3.03. The van der Waals surface area contributed by atoms with Crippen LogP contribution < -0.4 is 0 Å². The van der Waals surface area contributed by atoms with E-state index in [1.165, 1.54) is 16.2 Å². The number of thiophene rings is 1. The molecule has 58 valence electrons. The van der Waals surface area contributed by atoms with Crippen LogP contribution in [-0.2, 0) is 0 Å². The molecule has 1 aliphatic rings. The van der Waals surface area contributed by atoms with E-state index in [2.05, 4.69) is 30.5 Å². The number of allylic oxidation sites excluding steroid dienone is 2. The van der Waals surface area contributed by atoms with E-state index in [1.54, 1.807) is 0 Å². The van der Waals surface area contributed by atoms with E-state index in [0.29, 0.717) is 0 Å². The molecule has 1 aliphatic heterocycles. The molecule has 2 heterocycles. The number of hydrogen-bond acceptors (Lipinski definition) is 2. The molecular formula is C9H10S2. The van der Waals surface area contributed by atoms with Gasteiger partial charge in [-0.15, -0.1) is 23.1 Å². The van der Waals surface area contributed by atoms with Gasteiger partial charge in [0.1, 0.15) is 0 Å². The zero-order valence-corrected chi connectivity index (χ0v) is 8.04. The van der Waals surface area contributed by atoms with Crippen LogP contribution in [-0.4, -0.2) is 0 Å². The molecule has 1 atom stereocenters. The summed E-state index contributed by atoms with van der Waals surface area (Å²) in [7, 11) is 0. The fraction of sp³-hybridized carbons (Fsp3) is 0.333. The summed E-state index contributed by atoms with van der Waals surface area (Å²) < 4.78 is 0. The molecule has 11 heavy (non-hydrogen) atoms. The van der Waals surface area contributed by atoms with Crippen molar-refractivity contribution in [3.63, 3.8) is 0 Å². The maximum absolute atomic E-state index is 2.33. The van der Waals surface area contributed by atoms with Crippen molar-refractivity contribution in [3.05, 3.63) is 33.4 Å². The Bertz CT molecular complexity index is 259. The summed E-state index contributed by atoms with van der Waals surface area (Å²) in [5.41, 5.74) is 0. The minimum absolute atomic E-state index is 0.718. The molecule has 0 amide bonds. The molecular weight excluding hydrogens is 172 g/mol. The highest BCUT2D eigenvalue weighted by atomic mass is 32.2. The van der Waals surface area contributed by atoms with Crippen molar-refractivity contribution in [2.45, 2.75) is 18.6 Å². The normalized spacial score (nSPS) is 23.7. The summed E-state index contributed by atoms with van der Waals surface area (Å²) in [6, 6.07) is 4.36. The predicted octanol–water partition coefficient (Wildman–Crippen LogP) is 3.83. The molecule has 0 fully saturated rings. The average molecular weight is 182 g/mol. The quantitative estimate of drug-likeness (QED) is 0.636. The van der Waals surface area contributed by atoms with E-state index < -0.39 is 0 Å². The molecule has 1 aromatic rings. The van der Waals surface area contributed by atoms with Crippen LogP contribution in [0.15, 0.2) is 28.5 Å². The first kappa shape index (κ1) is 7.44. The van der Waals surface area contributed by atoms with Crippen LogP contribution in [0.25, 0.3) is 0 Å². The Labute approximate surface area is 75.3 Å². The Hall–Kier alpha value is -0.210. The van der Waals surface area contributed by atoms with Crippen molar-refractivity contribution in [2.75, 3.05) is 0 Å². The van der Waals surface area contributed by atoms with Gasteiger partial charge in [0.25, 0.3) is 0 Å². The minimum Gasteiger partial charge on any atom is -0.148 e. The lowest BCUT2D eigenvalue weighted by atomic mass is 10.2. The Balaban J connectivity index is 2.11. The van der Waals surface area contributed by atoms with Crippen molar-refractivity contribution in [2.24, 2.45) is 0 Å². The van der Waals surface area contributed by atoms with E-state index in [4.69, 9.17) is 0 Å². The second-order valence-corrected chi connectivity index (χ2v) is 5.10. The molecule has 0 spiro atoms. The molecule has 0 aliphatic carbocycles. The first-order chi connectivity index (χ1) is 5.36. The standard InChI is InChI=1S/C9H10S2/c1-7-4-5-9(11-7)8-3-2-6-10-8/h2-4,6,9H,5H2,1H3. The van der Waals surface area contributed by atoms with Crippen LogP contribution in [0.4, 0.5) is 0 Å². The molecule has 1 aromatic heterocycles. The van der Waals surface area contributed by atoms with Gasteiger partial charge in [-0.1, -0.05) is 12.1 Å². The van der Waals surface area contributed by atoms with Gasteiger partial charge in [0.15, 0.2) is 0 Å². The first-order valence-electron chi connectivity index (χ1n) is 3.73.